The van der Waals surface area contributed by atoms with Crippen LogP contribution >= 0.6 is 0 Å². The van der Waals surface area contributed by atoms with Gasteiger partial charge in [0.05, 0.1) is 0 Å². The first-order chi connectivity index (χ1) is 1.41. The first-order valence-corrected chi connectivity index (χ1v) is 0.447. The number of aliphatic hydroxyl groups excluding tert-OH is 1. The monoisotopic (exact) mass is 118 g/mol. The Morgan fingerprint density at radius 2 is 1.60 bits per heavy atom. The van der Waals surface area contributed by atoms with Gasteiger partial charge in [-0.1, -0.05) is 0 Å². The van der Waals surface area contributed by atoms with Crippen LogP contribution in [0.3, 0.4) is 0 Å². The number of rotatable bonds is 0. The summed E-state index contributed by atoms with van der Waals surface area (Å²) in [4.78, 5) is 0. The van der Waals surface area contributed by atoms with Crippen LogP contribution in [0.5, 0.6) is 0 Å². The maximum Gasteiger partial charge on any atom is 0.283 e. The van der Waals surface area contributed by atoms with Crippen molar-refractivity contribution < 1.29 is 21.6 Å². The second-order valence-electron chi connectivity index (χ2n) is 0.100. The molecule has 0 radical (unpaired) electrons. The fraction of sp³-hybridized carbons (Fsp3) is 0. The molecule has 0 aromatic carbocycles. The van der Waals surface area contributed by atoms with Gasteiger partial charge in [-0.15, -0.1) is 0 Å². The maximum atomic E-state index is 6.88. The minimum Gasteiger partial charge on any atom is -0.443 e. The predicted octanol–water partition coefficient (Wildman–Crippen LogP) is -0.000520. The molecular weight excluding hydrogens is 115 g/mol. The van der Waals surface area contributed by atoms with Crippen LogP contribution < -0.4 is 6.15 Å². The zero-order valence-corrected chi connectivity index (χ0v) is 3.41. The van der Waals surface area contributed by atoms with E-state index in [-0.39, 0.29) is 22.6 Å². The van der Waals surface area contributed by atoms with Crippen LogP contribution in [-0.2, 0) is 16.5 Å². The topological polar surface area (TPSA) is 79.0 Å². The normalized spacial score (nSPS) is 1.40. The van der Waals surface area contributed by atoms with Crippen molar-refractivity contribution in [1.82, 2.24) is 6.15 Å². The molecule has 0 unspecified atom stereocenters. The molecule has 0 aliphatic heterocycles. The number of nitrogens with zero attached hydrogens (tertiary/aromatic N) is 1. The van der Waals surface area contributed by atoms with E-state index < -0.39 is 0 Å². The van der Waals surface area contributed by atoms with Gasteiger partial charge < -0.3 is 11.3 Å². The molecular formula is CH4N2NiO. The molecule has 0 rings (SSSR count). The van der Waals surface area contributed by atoms with Crippen LogP contribution in [0.1, 0.15) is 0 Å². The summed E-state index contributed by atoms with van der Waals surface area (Å²) in [6, 6.07) is 0. The van der Waals surface area contributed by atoms with E-state index in [1.54, 1.807) is 0 Å². The van der Waals surface area contributed by atoms with Gasteiger partial charge in [-0.05, 0) is 0 Å². The largest absolute Gasteiger partial charge is 0.443 e. The Morgan fingerprint density at radius 3 is 1.60 bits per heavy atom. The Hall–Kier alpha value is -0.256. The van der Waals surface area contributed by atoms with Crippen molar-refractivity contribution in [1.29, 1.82) is 5.26 Å². The summed E-state index contributed by atoms with van der Waals surface area (Å²) >= 11 is 0. The Morgan fingerprint density at radius 1 is 1.60 bits per heavy atom. The minimum absolute atomic E-state index is 0. The second kappa shape index (κ2) is 51.0. The molecule has 0 amide bonds. The number of hydrogen-bond donors (Lipinski definition) is 2. The molecule has 0 aliphatic carbocycles. The van der Waals surface area contributed by atoms with E-state index in [0.717, 1.165) is 6.26 Å². The number of nitriles is 1. The van der Waals surface area contributed by atoms with Crippen molar-refractivity contribution in [3.63, 3.8) is 0 Å². The number of aliphatic hydroxyl groups is 1. The Labute approximate surface area is 40.1 Å². The van der Waals surface area contributed by atoms with Crippen LogP contribution in [0.25, 0.3) is 0 Å². The van der Waals surface area contributed by atoms with Gasteiger partial charge in [0.2, 0.25) is 0 Å². The van der Waals surface area contributed by atoms with Crippen molar-refractivity contribution in [3.8, 4) is 6.26 Å². The molecule has 0 spiro atoms. The zero-order valence-electron chi connectivity index (χ0n) is 2.42. The van der Waals surface area contributed by atoms with E-state index in [2.05, 4.69) is 0 Å². The smallest absolute Gasteiger partial charge is 0.283 e. The van der Waals surface area contributed by atoms with Crippen molar-refractivity contribution in [3.05, 3.63) is 0 Å². The Balaban J connectivity index is -0.0000000200. The average Bonchev–Trinajstić information content (AvgIpc) is 0.918. The Bertz CT molecular complexity index is 31.1. The molecule has 0 saturated heterocycles. The predicted molar refractivity (Wildman–Crippen MR) is 12.6 cm³/mol. The van der Waals surface area contributed by atoms with Gasteiger partial charge in [0.15, 0.2) is 0 Å². The van der Waals surface area contributed by atoms with Crippen molar-refractivity contribution in [2.75, 3.05) is 0 Å². The second-order valence-corrected chi connectivity index (χ2v) is 0.100. The standard InChI is InChI=1S/CHNO.H3N.Ni/c2-1-3;;/h3H;1H3;. The molecule has 3 nitrogen and oxygen atoms in total. The molecule has 0 heterocycles. The van der Waals surface area contributed by atoms with Crippen LogP contribution in [0.4, 0.5) is 0 Å². The van der Waals surface area contributed by atoms with Gasteiger partial charge in [0.1, 0.15) is 0 Å². The van der Waals surface area contributed by atoms with E-state index in [1.165, 1.54) is 0 Å². The molecule has 0 aliphatic rings. The maximum absolute atomic E-state index is 6.88. The SMILES string of the molecule is N.N#CO.[Ni]. The van der Waals surface area contributed by atoms with E-state index in [1.807, 2.05) is 0 Å². The summed E-state index contributed by atoms with van der Waals surface area (Å²) < 4.78 is 0. The molecule has 0 atom stereocenters. The summed E-state index contributed by atoms with van der Waals surface area (Å²) in [6.07, 6.45) is 0.750. The zero-order chi connectivity index (χ0) is 2.71. The minimum atomic E-state index is 0. The van der Waals surface area contributed by atoms with Gasteiger partial charge in [-0.3, -0.25) is 0 Å². The fourth-order valence-electron chi connectivity index (χ4n) is 0. The average molecular weight is 119 g/mol. The summed E-state index contributed by atoms with van der Waals surface area (Å²) in [5, 5.41) is 13.8. The van der Waals surface area contributed by atoms with E-state index in [0.29, 0.717) is 0 Å². The number of hydrogen-bond acceptors (Lipinski definition) is 3. The van der Waals surface area contributed by atoms with Crippen molar-refractivity contribution in [2.24, 2.45) is 0 Å². The fourth-order valence-corrected chi connectivity index (χ4v) is 0. The van der Waals surface area contributed by atoms with Crippen LogP contribution in [0.2, 0.25) is 0 Å². The summed E-state index contributed by atoms with van der Waals surface area (Å²) in [7, 11) is 0. The molecule has 0 bridgehead atoms. The Kier molecular flexibility index (Phi) is 223. The molecule has 34 valence electrons. The third-order valence-corrected chi connectivity index (χ3v) is 0. The first-order valence-electron chi connectivity index (χ1n) is 0.447. The summed E-state index contributed by atoms with van der Waals surface area (Å²) in [5.41, 5.74) is 0. The molecule has 0 fully saturated rings. The van der Waals surface area contributed by atoms with E-state index in [4.69, 9.17) is 10.4 Å². The summed E-state index contributed by atoms with van der Waals surface area (Å²) in [5.74, 6) is 0. The van der Waals surface area contributed by atoms with Gasteiger partial charge >= 0.3 is 0 Å². The van der Waals surface area contributed by atoms with Crippen LogP contribution in [0, 0.1) is 11.5 Å². The third kappa shape index (κ3) is 173. The molecule has 0 aromatic heterocycles. The quantitative estimate of drug-likeness (QED) is 0.347. The van der Waals surface area contributed by atoms with E-state index in [9.17, 15) is 0 Å². The van der Waals surface area contributed by atoms with Crippen molar-refractivity contribution in [2.45, 2.75) is 0 Å². The van der Waals surface area contributed by atoms with Crippen LogP contribution in [0.15, 0.2) is 0 Å². The third-order valence-electron chi connectivity index (χ3n) is 0. The van der Waals surface area contributed by atoms with Gasteiger partial charge in [-0.25, -0.2) is 0 Å². The van der Waals surface area contributed by atoms with Crippen molar-refractivity contribution >= 4 is 0 Å². The first kappa shape index (κ1) is 21.9. The van der Waals surface area contributed by atoms with Crippen LogP contribution in [-0.4, -0.2) is 5.11 Å². The van der Waals surface area contributed by atoms with Gasteiger partial charge in [0, 0.05) is 16.5 Å². The summed E-state index contributed by atoms with van der Waals surface area (Å²) in [6.45, 7) is 0. The van der Waals surface area contributed by atoms with E-state index >= 15 is 0 Å². The molecule has 5 heavy (non-hydrogen) atoms. The van der Waals surface area contributed by atoms with Gasteiger partial charge in [-0.2, -0.15) is 5.26 Å². The molecule has 0 aromatic rings. The molecule has 0 saturated carbocycles. The molecule has 4 N–H and O–H groups in total. The molecule has 4 heteroatoms. The van der Waals surface area contributed by atoms with Gasteiger partial charge in [0.25, 0.3) is 6.26 Å².